The number of primary amides is 1. The van der Waals surface area contributed by atoms with Gasteiger partial charge in [0.1, 0.15) is 5.69 Å². The number of anilines is 1. The second-order valence-electron chi connectivity index (χ2n) is 7.57. The van der Waals surface area contributed by atoms with Gasteiger partial charge < -0.3 is 16.0 Å². The van der Waals surface area contributed by atoms with Gasteiger partial charge in [0.05, 0.1) is 17.4 Å². The molecule has 1 fully saturated rings. The number of rotatable bonds is 6. The topological polar surface area (TPSA) is 117 Å². The quantitative estimate of drug-likeness (QED) is 0.604. The Morgan fingerprint density at radius 1 is 0.969 bits per heavy atom. The van der Waals surface area contributed by atoms with Crippen molar-refractivity contribution >= 4 is 17.5 Å². The van der Waals surface area contributed by atoms with Crippen LogP contribution in [-0.2, 0) is 6.54 Å². The lowest BCUT2D eigenvalue weighted by Gasteiger charge is -2.35. The summed E-state index contributed by atoms with van der Waals surface area (Å²) < 4.78 is 0. The van der Waals surface area contributed by atoms with E-state index in [1.807, 2.05) is 12.1 Å². The molecule has 3 aromatic rings. The Balaban J connectivity index is 1.35. The highest BCUT2D eigenvalue weighted by Gasteiger charge is 2.19. The van der Waals surface area contributed by atoms with Crippen molar-refractivity contribution in [1.29, 1.82) is 0 Å². The van der Waals surface area contributed by atoms with Crippen LogP contribution >= 0.6 is 0 Å². The second-order valence-corrected chi connectivity index (χ2v) is 7.57. The molecule has 0 spiro atoms. The van der Waals surface area contributed by atoms with E-state index in [1.54, 1.807) is 49.9 Å². The second kappa shape index (κ2) is 9.52. The van der Waals surface area contributed by atoms with E-state index in [0.29, 0.717) is 22.6 Å². The summed E-state index contributed by atoms with van der Waals surface area (Å²) in [5.41, 5.74) is 8.94. The number of benzene rings is 1. The molecule has 1 saturated heterocycles. The van der Waals surface area contributed by atoms with Gasteiger partial charge in [0.25, 0.3) is 5.91 Å². The molecule has 164 valence electrons. The summed E-state index contributed by atoms with van der Waals surface area (Å²) in [5, 5.41) is 2.58. The van der Waals surface area contributed by atoms with Crippen molar-refractivity contribution in [3.63, 3.8) is 0 Å². The first-order valence-electron chi connectivity index (χ1n) is 10.4. The van der Waals surface area contributed by atoms with Gasteiger partial charge in [-0.05, 0) is 18.2 Å². The van der Waals surface area contributed by atoms with Crippen LogP contribution in [0.1, 0.15) is 26.4 Å². The van der Waals surface area contributed by atoms with Crippen LogP contribution in [0.5, 0.6) is 0 Å². The van der Waals surface area contributed by atoms with Crippen LogP contribution in [0.4, 0.5) is 5.69 Å². The molecule has 0 radical (unpaired) electrons. The van der Waals surface area contributed by atoms with E-state index in [4.69, 9.17) is 5.73 Å². The minimum Gasteiger partial charge on any atom is -0.368 e. The van der Waals surface area contributed by atoms with E-state index in [2.05, 4.69) is 30.1 Å². The van der Waals surface area contributed by atoms with Gasteiger partial charge in [0.2, 0.25) is 5.91 Å². The average molecular weight is 432 g/mol. The Labute approximate surface area is 186 Å². The summed E-state index contributed by atoms with van der Waals surface area (Å²) in [7, 11) is 1.59. The van der Waals surface area contributed by atoms with E-state index >= 15 is 0 Å². The summed E-state index contributed by atoms with van der Waals surface area (Å²) in [6.45, 7) is 4.27. The number of nitrogens with two attached hydrogens (primary N) is 1. The van der Waals surface area contributed by atoms with Gasteiger partial charge in [0.15, 0.2) is 5.82 Å². The fourth-order valence-electron chi connectivity index (χ4n) is 3.73. The molecule has 3 heterocycles. The van der Waals surface area contributed by atoms with Crippen molar-refractivity contribution in [2.24, 2.45) is 5.73 Å². The molecule has 0 atom stereocenters. The molecule has 4 rings (SSSR count). The summed E-state index contributed by atoms with van der Waals surface area (Å²) >= 11 is 0. The predicted molar refractivity (Wildman–Crippen MR) is 121 cm³/mol. The SMILES string of the molecule is CNC(=O)c1ccc(N2CCN(Cc3cnc(-c4ccccc4C(N)=O)nc3)CC2)cn1. The zero-order valence-corrected chi connectivity index (χ0v) is 17.9. The number of nitrogens with one attached hydrogen (secondary N) is 1. The number of amides is 2. The minimum atomic E-state index is -0.496. The van der Waals surface area contributed by atoms with Crippen LogP contribution in [0.25, 0.3) is 11.4 Å². The van der Waals surface area contributed by atoms with Crippen molar-refractivity contribution in [3.05, 3.63) is 71.8 Å². The van der Waals surface area contributed by atoms with Crippen molar-refractivity contribution in [2.75, 3.05) is 38.1 Å². The van der Waals surface area contributed by atoms with Crippen molar-refractivity contribution in [2.45, 2.75) is 6.54 Å². The first-order chi connectivity index (χ1) is 15.5. The monoisotopic (exact) mass is 431 g/mol. The lowest BCUT2D eigenvalue weighted by Crippen LogP contribution is -2.46. The highest BCUT2D eigenvalue weighted by atomic mass is 16.2. The fraction of sp³-hybridized carbons (Fsp3) is 0.261. The molecular weight excluding hydrogens is 406 g/mol. The van der Waals surface area contributed by atoms with Crippen molar-refractivity contribution < 1.29 is 9.59 Å². The molecule has 9 nitrogen and oxygen atoms in total. The molecule has 2 amide bonds. The molecule has 0 unspecified atom stereocenters. The number of piperazine rings is 1. The molecule has 2 aromatic heterocycles. The van der Waals surface area contributed by atoms with Crippen LogP contribution in [0.15, 0.2) is 55.0 Å². The third kappa shape index (κ3) is 4.73. The molecule has 1 aliphatic heterocycles. The molecule has 0 aliphatic carbocycles. The number of carbonyl (C=O) groups is 2. The van der Waals surface area contributed by atoms with Crippen molar-refractivity contribution in [1.82, 2.24) is 25.2 Å². The fourth-order valence-corrected chi connectivity index (χ4v) is 3.73. The number of aromatic nitrogens is 3. The molecule has 3 N–H and O–H groups in total. The van der Waals surface area contributed by atoms with Crippen molar-refractivity contribution in [3.8, 4) is 11.4 Å². The van der Waals surface area contributed by atoms with Gasteiger partial charge in [-0.3, -0.25) is 14.5 Å². The van der Waals surface area contributed by atoms with Gasteiger partial charge in [-0.25, -0.2) is 15.0 Å². The lowest BCUT2D eigenvalue weighted by molar-refractivity contribution is 0.0956. The molecule has 32 heavy (non-hydrogen) atoms. The number of hydrogen-bond acceptors (Lipinski definition) is 7. The van der Waals surface area contributed by atoms with Gasteiger partial charge in [0, 0.05) is 63.3 Å². The third-order valence-electron chi connectivity index (χ3n) is 5.49. The Hall–Kier alpha value is -3.85. The predicted octanol–water partition coefficient (Wildman–Crippen LogP) is 1.32. The maximum Gasteiger partial charge on any atom is 0.269 e. The largest absolute Gasteiger partial charge is 0.368 e. The number of hydrogen-bond donors (Lipinski definition) is 2. The average Bonchev–Trinajstić information content (AvgIpc) is 2.84. The van der Waals surface area contributed by atoms with E-state index < -0.39 is 5.91 Å². The van der Waals surface area contributed by atoms with Crippen LogP contribution in [0.2, 0.25) is 0 Å². The third-order valence-corrected chi connectivity index (χ3v) is 5.49. The van der Waals surface area contributed by atoms with Crippen LogP contribution < -0.4 is 16.0 Å². The Kier molecular flexibility index (Phi) is 6.37. The minimum absolute atomic E-state index is 0.187. The van der Waals surface area contributed by atoms with E-state index in [1.165, 1.54) is 0 Å². The lowest BCUT2D eigenvalue weighted by atomic mass is 10.1. The first kappa shape index (κ1) is 21.4. The molecular formula is C23H25N7O2. The highest BCUT2D eigenvalue weighted by Crippen LogP contribution is 2.20. The number of carbonyl (C=O) groups excluding carboxylic acids is 2. The normalized spacial score (nSPS) is 14.2. The number of pyridine rings is 1. The Bertz CT molecular complexity index is 1090. The molecule has 1 aliphatic rings. The molecule has 1 aromatic carbocycles. The zero-order valence-electron chi connectivity index (χ0n) is 17.9. The van der Waals surface area contributed by atoms with E-state index in [0.717, 1.165) is 44.0 Å². The van der Waals surface area contributed by atoms with Gasteiger partial charge >= 0.3 is 0 Å². The van der Waals surface area contributed by atoms with Crippen LogP contribution in [0, 0.1) is 0 Å². The van der Waals surface area contributed by atoms with Crippen LogP contribution in [-0.4, -0.2) is 64.9 Å². The zero-order chi connectivity index (χ0) is 22.5. The first-order valence-corrected chi connectivity index (χ1v) is 10.4. The Morgan fingerprint density at radius 3 is 2.31 bits per heavy atom. The molecule has 0 saturated carbocycles. The molecule has 0 bridgehead atoms. The smallest absolute Gasteiger partial charge is 0.269 e. The number of nitrogens with zero attached hydrogens (tertiary/aromatic N) is 5. The standard InChI is InChI=1S/C23H25N7O2/c1-25-23(32)20-7-6-17(14-26-20)30-10-8-29(9-11-30)15-16-12-27-22(28-13-16)19-5-3-2-4-18(19)21(24)31/h2-7,12-14H,8-11,15H2,1H3,(H2,24,31)(H,25,32). The maximum absolute atomic E-state index is 11.6. The molecule has 9 heteroatoms. The van der Waals surface area contributed by atoms with Gasteiger partial charge in [-0.2, -0.15) is 0 Å². The van der Waals surface area contributed by atoms with E-state index in [-0.39, 0.29) is 5.91 Å². The van der Waals surface area contributed by atoms with Gasteiger partial charge in [-0.15, -0.1) is 0 Å². The summed E-state index contributed by atoms with van der Waals surface area (Å²) in [6, 6.07) is 10.8. The Morgan fingerprint density at radius 2 is 1.69 bits per heavy atom. The highest BCUT2D eigenvalue weighted by molar-refractivity contribution is 5.99. The van der Waals surface area contributed by atoms with Gasteiger partial charge in [-0.1, -0.05) is 18.2 Å². The summed E-state index contributed by atoms with van der Waals surface area (Å²) in [6.07, 6.45) is 5.35. The maximum atomic E-state index is 11.6. The van der Waals surface area contributed by atoms with Crippen LogP contribution in [0.3, 0.4) is 0 Å². The summed E-state index contributed by atoms with van der Waals surface area (Å²) in [5.74, 6) is -0.196. The van der Waals surface area contributed by atoms with E-state index in [9.17, 15) is 9.59 Å². The summed E-state index contributed by atoms with van der Waals surface area (Å²) in [4.78, 5) is 41.1.